The van der Waals surface area contributed by atoms with Crippen LogP contribution in [0.2, 0.25) is 0 Å². The Kier molecular flexibility index (Phi) is 5.71. The number of nitrogens with one attached hydrogen (secondary N) is 1. The largest absolute Gasteiger partial charge is 0.477 e. The van der Waals surface area contributed by atoms with Gasteiger partial charge in [0.25, 0.3) is 5.91 Å². The Hall–Kier alpha value is -2.15. The smallest absolute Gasteiger partial charge is 0.257 e. The maximum Gasteiger partial charge on any atom is 0.257 e. The number of morpholine rings is 1. The highest BCUT2D eigenvalue weighted by molar-refractivity contribution is 5.99. The number of aromatic nitrogens is 1. The van der Waals surface area contributed by atoms with E-state index in [2.05, 4.69) is 10.3 Å². The third-order valence-corrected chi connectivity index (χ3v) is 3.34. The van der Waals surface area contributed by atoms with Crippen molar-refractivity contribution in [2.24, 2.45) is 0 Å². The fourth-order valence-corrected chi connectivity index (χ4v) is 2.21. The van der Waals surface area contributed by atoms with E-state index in [1.165, 1.54) is 0 Å². The lowest BCUT2D eigenvalue weighted by atomic mass is 10.2. The summed E-state index contributed by atoms with van der Waals surface area (Å²) in [7, 11) is 0. The molecule has 1 aliphatic heterocycles. The highest BCUT2D eigenvalue weighted by atomic mass is 16.5. The van der Waals surface area contributed by atoms with Crippen molar-refractivity contribution in [2.45, 2.75) is 19.9 Å². The van der Waals surface area contributed by atoms with Crippen molar-refractivity contribution in [2.75, 3.05) is 32.9 Å². The summed E-state index contributed by atoms with van der Waals surface area (Å²) in [5.41, 5.74) is 0.325. The van der Waals surface area contributed by atoms with Gasteiger partial charge in [0.05, 0.1) is 19.8 Å². The van der Waals surface area contributed by atoms with Crippen molar-refractivity contribution in [3.63, 3.8) is 0 Å². The van der Waals surface area contributed by atoms with Gasteiger partial charge in [0.15, 0.2) is 0 Å². The number of nitrogens with zero attached hydrogens (tertiary/aromatic N) is 2. The molecule has 120 valence electrons. The molecule has 1 saturated heterocycles. The van der Waals surface area contributed by atoms with Gasteiger partial charge in [-0.1, -0.05) is 0 Å². The van der Waals surface area contributed by atoms with Gasteiger partial charge in [0.1, 0.15) is 11.6 Å². The Morgan fingerprint density at radius 2 is 2.18 bits per heavy atom. The van der Waals surface area contributed by atoms with Gasteiger partial charge in [-0.3, -0.25) is 9.59 Å². The molecule has 7 heteroatoms. The number of rotatable bonds is 5. The van der Waals surface area contributed by atoms with Crippen LogP contribution >= 0.6 is 0 Å². The molecule has 2 rings (SSSR count). The van der Waals surface area contributed by atoms with E-state index in [9.17, 15) is 9.59 Å². The van der Waals surface area contributed by atoms with E-state index in [0.29, 0.717) is 38.5 Å². The first kappa shape index (κ1) is 16.2. The standard InChI is InChI=1S/C15H21N3O4/c1-3-22-14-12(5-4-6-16-14)13(19)17-11(2)15(20)18-7-9-21-10-8-18/h4-6,11H,3,7-10H2,1-2H3,(H,17,19)/t11-/m1/s1. The average molecular weight is 307 g/mol. The number of pyridine rings is 1. The van der Waals surface area contributed by atoms with Crippen molar-refractivity contribution < 1.29 is 19.1 Å². The molecule has 22 heavy (non-hydrogen) atoms. The average Bonchev–Trinajstić information content (AvgIpc) is 2.55. The molecule has 1 aliphatic rings. The Labute approximate surface area is 129 Å². The van der Waals surface area contributed by atoms with E-state index in [0.717, 1.165) is 0 Å². The van der Waals surface area contributed by atoms with E-state index in [1.54, 1.807) is 30.2 Å². The van der Waals surface area contributed by atoms with Crippen LogP contribution in [0.25, 0.3) is 0 Å². The van der Waals surface area contributed by atoms with Crippen LogP contribution in [0.5, 0.6) is 5.88 Å². The first-order chi connectivity index (χ1) is 10.6. The van der Waals surface area contributed by atoms with Crippen LogP contribution in [0.1, 0.15) is 24.2 Å². The van der Waals surface area contributed by atoms with Crippen LogP contribution in [-0.4, -0.2) is 60.7 Å². The summed E-state index contributed by atoms with van der Waals surface area (Å²) in [6, 6.07) is 2.67. The van der Waals surface area contributed by atoms with E-state index in [-0.39, 0.29) is 17.7 Å². The van der Waals surface area contributed by atoms with Crippen molar-refractivity contribution in [1.29, 1.82) is 0 Å². The van der Waals surface area contributed by atoms with Crippen LogP contribution in [0.15, 0.2) is 18.3 Å². The second-order valence-corrected chi connectivity index (χ2v) is 4.92. The monoisotopic (exact) mass is 307 g/mol. The molecule has 0 bridgehead atoms. The van der Waals surface area contributed by atoms with Crippen molar-refractivity contribution in [3.8, 4) is 5.88 Å². The van der Waals surface area contributed by atoms with Crippen molar-refractivity contribution in [1.82, 2.24) is 15.2 Å². The molecule has 0 aromatic carbocycles. The number of carbonyl (C=O) groups excluding carboxylic acids is 2. The lowest BCUT2D eigenvalue weighted by Crippen LogP contribution is -2.50. The van der Waals surface area contributed by atoms with Crippen LogP contribution in [-0.2, 0) is 9.53 Å². The topological polar surface area (TPSA) is 80.8 Å². The molecule has 2 heterocycles. The van der Waals surface area contributed by atoms with Crippen LogP contribution in [0.4, 0.5) is 0 Å². The molecule has 0 unspecified atom stereocenters. The number of hydrogen-bond donors (Lipinski definition) is 1. The minimum atomic E-state index is -0.611. The summed E-state index contributed by atoms with van der Waals surface area (Å²) < 4.78 is 10.5. The minimum Gasteiger partial charge on any atom is -0.477 e. The summed E-state index contributed by atoms with van der Waals surface area (Å²) >= 11 is 0. The first-order valence-corrected chi connectivity index (χ1v) is 7.38. The zero-order chi connectivity index (χ0) is 15.9. The lowest BCUT2D eigenvalue weighted by Gasteiger charge is -2.29. The van der Waals surface area contributed by atoms with Gasteiger partial charge < -0.3 is 19.7 Å². The van der Waals surface area contributed by atoms with Crippen LogP contribution in [0.3, 0.4) is 0 Å². The third-order valence-electron chi connectivity index (χ3n) is 3.34. The summed E-state index contributed by atoms with van der Waals surface area (Å²) in [5.74, 6) is -0.210. The van der Waals surface area contributed by atoms with Gasteiger partial charge in [-0.15, -0.1) is 0 Å². The molecule has 0 radical (unpaired) electrons. The molecule has 1 aromatic heterocycles. The Morgan fingerprint density at radius 3 is 2.86 bits per heavy atom. The molecule has 2 amide bonds. The zero-order valence-corrected chi connectivity index (χ0v) is 12.9. The molecule has 1 N–H and O–H groups in total. The van der Waals surface area contributed by atoms with Gasteiger partial charge in [-0.05, 0) is 26.0 Å². The normalized spacial score (nSPS) is 16.0. The number of amides is 2. The summed E-state index contributed by atoms with van der Waals surface area (Å²) in [6.07, 6.45) is 1.56. The maximum absolute atomic E-state index is 12.3. The van der Waals surface area contributed by atoms with Gasteiger partial charge in [0, 0.05) is 19.3 Å². The SMILES string of the molecule is CCOc1ncccc1C(=O)N[C@H](C)C(=O)N1CCOCC1. The highest BCUT2D eigenvalue weighted by Crippen LogP contribution is 2.14. The minimum absolute atomic E-state index is 0.112. The summed E-state index contributed by atoms with van der Waals surface area (Å²) in [5, 5.41) is 2.70. The maximum atomic E-state index is 12.3. The van der Waals surface area contributed by atoms with Gasteiger partial charge in [-0.2, -0.15) is 0 Å². The number of carbonyl (C=O) groups is 2. The number of ether oxygens (including phenoxy) is 2. The van der Waals surface area contributed by atoms with Crippen molar-refractivity contribution in [3.05, 3.63) is 23.9 Å². The fourth-order valence-electron chi connectivity index (χ4n) is 2.21. The van der Waals surface area contributed by atoms with E-state index >= 15 is 0 Å². The highest BCUT2D eigenvalue weighted by Gasteiger charge is 2.25. The molecule has 7 nitrogen and oxygen atoms in total. The quantitative estimate of drug-likeness (QED) is 0.854. The van der Waals surface area contributed by atoms with Gasteiger partial charge in [0.2, 0.25) is 11.8 Å². The second-order valence-electron chi connectivity index (χ2n) is 4.92. The van der Waals surface area contributed by atoms with Gasteiger partial charge in [-0.25, -0.2) is 4.98 Å². The third kappa shape index (κ3) is 3.94. The number of hydrogen-bond acceptors (Lipinski definition) is 5. The molecule has 0 saturated carbocycles. The Morgan fingerprint density at radius 1 is 1.45 bits per heavy atom. The molecule has 0 spiro atoms. The molecule has 1 fully saturated rings. The fraction of sp³-hybridized carbons (Fsp3) is 0.533. The molecule has 0 aliphatic carbocycles. The van der Waals surface area contributed by atoms with E-state index in [4.69, 9.17) is 9.47 Å². The Balaban J connectivity index is 2.00. The predicted octanol–water partition coefficient (Wildman–Crippen LogP) is 0.457. The van der Waals surface area contributed by atoms with Gasteiger partial charge >= 0.3 is 0 Å². The van der Waals surface area contributed by atoms with Crippen molar-refractivity contribution >= 4 is 11.8 Å². The van der Waals surface area contributed by atoms with Crippen LogP contribution < -0.4 is 10.1 Å². The first-order valence-electron chi connectivity index (χ1n) is 7.38. The molecular weight excluding hydrogens is 286 g/mol. The van der Waals surface area contributed by atoms with E-state index in [1.807, 2.05) is 6.92 Å². The summed E-state index contributed by atoms with van der Waals surface area (Å²) in [4.78, 5) is 30.3. The second kappa shape index (κ2) is 7.74. The van der Waals surface area contributed by atoms with Crippen LogP contribution in [0, 0.1) is 0 Å². The zero-order valence-electron chi connectivity index (χ0n) is 12.9. The van der Waals surface area contributed by atoms with E-state index < -0.39 is 6.04 Å². The molecule has 1 aromatic rings. The predicted molar refractivity (Wildman–Crippen MR) is 79.7 cm³/mol. The summed E-state index contributed by atoms with van der Waals surface area (Å²) in [6.45, 7) is 6.08. The lowest BCUT2D eigenvalue weighted by molar-refractivity contribution is -0.136. The molecule has 1 atom stereocenters. The Bertz CT molecular complexity index is 529. The molecular formula is C15H21N3O4.